The largest absolute Gasteiger partial charge is 0.325 e. The van der Waals surface area contributed by atoms with Gasteiger partial charge in [-0.15, -0.1) is 0 Å². The molecule has 0 heterocycles. The summed E-state index contributed by atoms with van der Waals surface area (Å²) in [5.41, 5.74) is 5.80. The zero-order chi connectivity index (χ0) is 13.9. The van der Waals surface area contributed by atoms with Gasteiger partial charge >= 0.3 is 0 Å². The van der Waals surface area contributed by atoms with E-state index >= 15 is 0 Å². The first kappa shape index (κ1) is 15.3. The number of nitrogens with one attached hydrogen (secondary N) is 1. The van der Waals surface area contributed by atoms with Gasteiger partial charge in [0.25, 0.3) is 0 Å². The zero-order valence-electron chi connectivity index (χ0n) is 10.1. The van der Waals surface area contributed by atoms with Crippen molar-refractivity contribution in [2.24, 2.45) is 11.7 Å². The van der Waals surface area contributed by atoms with Gasteiger partial charge in [-0.3, -0.25) is 4.79 Å². The maximum absolute atomic E-state index is 13.3. The van der Waals surface area contributed by atoms with E-state index in [1.54, 1.807) is 22.6 Å². The lowest BCUT2D eigenvalue weighted by atomic mass is 9.99. The van der Waals surface area contributed by atoms with Gasteiger partial charge in [0.1, 0.15) is 11.6 Å². The highest BCUT2D eigenvalue weighted by Gasteiger charge is 2.20. The minimum Gasteiger partial charge on any atom is -0.325 e. The van der Waals surface area contributed by atoms with E-state index in [1.807, 2.05) is 13.8 Å². The summed E-state index contributed by atoms with van der Waals surface area (Å²) in [6, 6.07) is 1.46. The molecule has 0 fully saturated rings. The van der Waals surface area contributed by atoms with Crippen molar-refractivity contribution in [1.82, 2.24) is 0 Å². The molecule has 0 bridgehead atoms. The smallest absolute Gasteiger partial charge is 0.241 e. The third-order valence-corrected chi connectivity index (χ3v) is 3.84. The van der Waals surface area contributed by atoms with E-state index in [4.69, 9.17) is 5.73 Å². The lowest BCUT2D eigenvalue weighted by Gasteiger charge is -2.17. The molecule has 0 saturated heterocycles. The highest BCUT2D eigenvalue weighted by Crippen LogP contribution is 2.20. The van der Waals surface area contributed by atoms with Crippen LogP contribution < -0.4 is 11.1 Å². The molecular weight excluding hydrogens is 353 g/mol. The molecule has 1 aromatic carbocycles. The summed E-state index contributed by atoms with van der Waals surface area (Å²) < 4.78 is 26.5. The topological polar surface area (TPSA) is 55.1 Å². The Morgan fingerprint density at radius 1 is 1.44 bits per heavy atom. The van der Waals surface area contributed by atoms with Crippen LogP contribution in [0.2, 0.25) is 0 Å². The van der Waals surface area contributed by atoms with E-state index < -0.39 is 23.6 Å². The highest BCUT2D eigenvalue weighted by molar-refractivity contribution is 14.1. The molecule has 1 amide bonds. The van der Waals surface area contributed by atoms with Gasteiger partial charge in [0.15, 0.2) is 0 Å². The predicted octanol–water partition coefficient (Wildman–Crippen LogP) is 2.88. The van der Waals surface area contributed by atoms with E-state index in [9.17, 15) is 13.6 Å². The predicted molar refractivity (Wildman–Crippen MR) is 75.1 cm³/mol. The van der Waals surface area contributed by atoms with E-state index in [0.717, 1.165) is 18.6 Å². The van der Waals surface area contributed by atoms with Gasteiger partial charge in [0.2, 0.25) is 5.91 Å². The van der Waals surface area contributed by atoms with Gasteiger partial charge in [0, 0.05) is 5.69 Å². The van der Waals surface area contributed by atoms with Crippen molar-refractivity contribution in [3.05, 3.63) is 27.3 Å². The highest BCUT2D eigenvalue weighted by atomic mass is 127. The number of carbonyl (C=O) groups excluding carboxylic acids is 1. The fourth-order valence-corrected chi connectivity index (χ4v) is 1.68. The van der Waals surface area contributed by atoms with Crippen molar-refractivity contribution >= 4 is 34.2 Å². The van der Waals surface area contributed by atoms with Gasteiger partial charge < -0.3 is 11.1 Å². The maximum atomic E-state index is 13.3. The standard InChI is InChI=1S/C12H15F2IN2O/c1-3-6(2)11(16)12(18)17-7-4-8(13)10(15)9(14)5-7/h4-6,11H,3,16H2,1-2H3,(H,17,18). The fraction of sp³-hybridized carbons (Fsp3) is 0.417. The Kier molecular flexibility index (Phi) is 5.46. The number of hydrogen-bond acceptors (Lipinski definition) is 2. The number of nitrogens with two attached hydrogens (primary N) is 1. The van der Waals surface area contributed by atoms with Crippen LogP contribution in [0.4, 0.5) is 14.5 Å². The number of carbonyl (C=O) groups is 1. The van der Waals surface area contributed by atoms with Gasteiger partial charge in [0.05, 0.1) is 9.61 Å². The molecule has 18 heavy (non-hydrogen) atoms. The number of anilines is 1. The van der Waals surface area contributed by atoms with Crippen molar-refractivity contribution in [1.29, 1.82) is 0 Å². The lowest BCUT2D eigenvalue weighted by molar-refractivity contribution is -0.118. The molecule has 0 saturated carbocycles. The van der Waals surface area contributed by atoms with Crippen molar-refractivity contribution in [3.63, 3.8) is 0 Å². The quantitative estimate of drug-likeness (QED) is 0.635. The minimum absolute atomic E-state index is 0.00328. The third-order valence-electron chi connectivity index (χ3n) is 2.81. The SMILES string of the molecule is CCC(C)C(N)C(=O)Nc1cc(F)c(I)c(F)c1. The van der Waals surface area contributed by atoms with Crippen LogP contribution >= 0.6 is 22.6 Å². The van der Waals surface area contributed by atoms with Crippen LogP contribution in [-0.4, -0.2) is 11.9 Å². The molecule has 0 spiro atoms. The Balaban J connectivity index is 2.82. The molecule has 0 aliphatic carbocycles. The monoisotopic (exact) mass is 368 g/mol. The van der Waals surface area contributed by atoms with Crippen LogP contribution in [0, 0.1) is 21.1 Å². The van der Waals surface area contributed by atoms with Crippen molar-refractivity contribution in [3.8, 4) is 0 Å². The van der Waals surface area contributed by atoms with Gasteiger partial charge in [-0.05, 0) is 40.6 Å². The average Bonchev–Trinajstić information content (AvgIpc) is 2.33. The molecule has 0 aliphatic heterocycles. The summed E-state index contributed by atoms with van der Waals surface area (Å²) in [5.74, 6) is -1.85. The number of amides is 1. The fourth-order valence-electron chi connectivity index (χ4n) is 1.37. The van der Waals surface area contributed by atoms with Gasteiger partial charge in [-0.1, -0.05) is 20.3 Å². The molecule has 1 aromatic rings. The number of hydrogen-bond donors (Lipinski definition) is 2. The summed E-state index contributed by atoms with van der Waals surface area (Å²) in [6.07, 6.45) is 0.754. The van der Waals surface area contributed by atoms with Crippen LogP contribution in [0.15, 0.2) is 12.1 Å². The van der Waals surface area contributed by atoms with E-state index in [-0.39, 0.29) is 15.2 Å². The third kappa shape index (κ3) is 3.61. The second-order valence-electron chi connectivity index (χ2n) is 4.15. The molecular formula is C12H15F2IN2O. The first-order valence-electron chi connectivity index (χ1n) is 5.57. The molecule has 2 unspecified atom stereocenters. The Hall–Kier alpha value is -0.760. The molecule has 3 nitrogen and oxygen atoms in total. The van der Waals surface area contributed by atoms with Crippen LogP contribution in [0.25, 0.3) is 0 Å². The maximum Gasteiger partial charge on any atom is 0.241 e. The van der Waals surface area contributed by atoms with E-state index in [2.05, 4.69) is 5.32 Å². The molecule has 0 aromatic heterocycles. The van der Waals surface area contributed by atoms with Gasteiger partial charge in [-0.2, -0.15) is 0 Å². The molecule has 0 aliphatic rings. The minimum atomic E-state index is -0.706. The summed E-state index contributed by atoms with van der Waals surface area (Å²) in [4.78, 5) is 11.7. The Morgan fingerprint density at radius 3 is 2.39 bits per heavy atom. The number of rotatable bonds is 4. The molecule has 100 valence electrons. The second-order valence-corrected chi connectivity index (χ2v) is 5.23. The Bertz CT molecular complexity index is 431. The first-order valence-corrected chi connectivity index (χ1v) is 6.65. The summed E-state index contributed by atoms with van der Waals surface area (Å²) in [7, 11) is 0. The van der Waals surface area contributed by atoms with Crippen LogP contribution in [-0.2, 0) is 4.79 Å². The second kappa shape index (κ2) is 6.42. The molecule has 0 radical (unpaired) electrons. The molecule has 6 heteroatoms. The van der Waals surface area contributed by atoms with Gasteiger partial charge in [-0.25, -0.2) is 8.78 Å². The molecule has 1 rings (SSSR count). The van der Waals surface area contributed by atoms with E-state index in [0.29, 0.717) is 0 Å². The van der Waals surface area contributed by atoms with Crippen molar-refractivity contribution in [2.75, 3.05) is 5.32 Å². The Labute approximate surface area is 118 Å². The zero-order valence-corrected chi connectivity index (χ0v) is 12.3. The normalized spacial score (nSPS) is 14.1. The Morgan fingerprint density at radius 2 is 1.94 bits per heavy atom. The van der Waals surface area contributed by atoms with Crippen molar-refractivity contribution < 1.29 is 13.6 Å². The van der Waals surface area contributed by atoms with Crippen molar-refractivity contribution in [2.45, 2.75) is 26.3 Å². The van der Waals surface area contributed by atoms with E-state index in [1.165, 1.54) is 0 Å². The summed E-state index contributed by atoms with van der Waals surface area (Å²) in [6.45, 7) is 3.77. The summed E-state index contributed by atoms with van der Waals surface area (Å²) >= 11 is 1.56. The molecule has 2 atom stereocenters. The number of benzene rings is 1. The first-order chi connectivity index (χ1) is 8.36. The lowest BCUT2D eigenvalue weighted by Crippen LogP contribution is -2.40. The number of halogens is 3. The average molecular weight is 368 g/mol. The molecule has 3 N–H and O–H groups in total. The van der Waals surface area contributed by atoms with Crippen LogP contribution in [0.1, 0.15) is 20.3 Å². The summed E-state index contributed by atoms with van der Waals surface area (Å²) in [5, 5.41) is 2.42. The van der Waals surface area contributed by atoms with Crippen LogP contribution in [0.3, 0.4) is 0 Å². The van der Waals surface area contributed by atoms with Crippen LogP contribution in [0.5, 0.6) is 0 Å².